The van der Waals surface area contributed by atoms with Gasteiger partial charge in [0.1, 0.15) is 0 Å². The number of anilines is 1. The van der Waals surface area contributed by atoms with Crippen molar-refractivity contribution in [1.29, 1.82) is 0 Å². The fraction of sp³-hybridized carbons (Fsp3) is 0.400. The number of rotatable bonds is 0. The summed E-state index contributed by atoms with van der Waals surface area (Å²) in [6, 6.07) is 2.52. The summed E-state index contributed by atoms with van der Waals surface area (Å²) < 4.78 is 25.6. The number of halogens is 2. The largest absolute Gasteiger partial charge is 0.384 e. The molecule has 1 aliphatic heterocycles. The molecule has 1 heterocycles. The van der Waals surface area contributed by atoms with Gasteiger partial charge in [0.25, 0.3) is 0 Å². The fourth-order valence-electron chi connectivity index (χ4n) is 1.65. The van der Waals surface area contributed by atoms with E-state index in [1.54, 1.807) is 0 Å². The van der Waals surface area contributed by atoms with E-state index in [4.69, 9.17) is 0 Å². The third kappa shape index (κ3) is 1.50. The summed E-state index contributed by atoms with van der Waals surface area (Å²) in [7, 11) is 0. The van der Waals surface area contributed by atoms with Gasteiger partial charge in [0.15, 0.2) is 11.6 Å². The Hall–Kier alpha value is -1.12. The van der Waals surface area contributed by atoms with Crippen LogP contribution in [0.25, 0.3) is 0 Å². The van der Waals surface area contributed by atoms with Gasteiger partial charge in [-0.05, 0) is 24.0 Å². The maximum atomic E-state index is 12.8. The zero-order valence-corrected chi connectivity index (χ0v) is 7.40. The quantitative estimate of drug-likeness (QED) is 0.651. The second-order valence-corrected chi connectivity index (χ2v) is 3.61. The van der Waals surface area contributed by atoms with Crippen LogP contribution in [0.2, 0.25) is 0 Å². The number of nitrogens with one attached hydrogen (secondary N) is 1. The Morgan fingerprint density at radius 1 is 1.31 bits per heavy atom. The number of hydrogen-bond donors (Lipinski definition) is 1. The van der Waals surface area contributed by atoms with E-state index < -0.39 is 11.6 Å². The zero-order valence-electron chi connectivity index (χ0n) is 7.40. The van der Waals surface area contributed by atoms with Gasteiger partial charge in [-0.25, -0.2) is 8.78 Å². The first-order valence-corrected chi connectivity index (χ1v) is 4.38. The van der Waals surface area contributed by atoms with E-state index in [1.165, 1.54) is 12.1 Å². The topological polar surface area (TPSA) is 12.0 Å². The molecule has 3 heteroatoms. The predicted octanol–water partition coefficient (Wildman–Crippen LogP) is 2.57. The van der Waals surface area contributed by atoms with Gasteiger partial charge in [0.05, 0.1) is 0 Å². The second-order valence-electron chi connectivity index (χ2n) is 3.61. The molecule has 1 N–H and O–H groups in total. The predicted molar refractivity (Wildman–Crippen MR) is 47.7 cm³/mol. The monoisotopic (exact) mass is 183 g/mol. The number of hydrogen-bond acceptors (Lipinski definition) is 1. The lowest BCUT2D eigenvalue weighted by atomic mass is 9.95. The van der Waals surface area contributed by atoms with E-state index in [-0.39, 0.29) is 0 Å². The van der Waals surface area contributed by atoms with Crippen LogP contribution in [0.3, 0.4) is 0 Å². The second kappa shape index (κ2) is 2.98. The minimum Gasteiger partial charge on any atom is -0.384 e. The van der Waals surface area contributed by atoms with Gasteiger partial charge in [-0.15, -0.1) is 0 Å². The van der Waals surface area contributed by atoms with E-state index in [0.29, 0.717) is 5.92 Å². The fourth-order valence-corrected chi connectivity index (χ4v) is 1.65. The standard InChI is InChI=1S/C10H11F2N/c1-6-2-7-3-8(11)9(12)4-10(7)13-5-6/h3-4,6,13H,2,5H2,1H3. The van der Waals surface area contributed by atoms with Crippen molar-refractivity contribution >= 4 is 5.69 Å². The van der Waals surface area contributed by atoms with Crippen molar-refractivity contribution in [1.82, 2.24) is 0 Å². The molecule has 1 aromatic carbocycles. The van der Waals surface area contributed by atoms with Crippen LogP contribution >= 0.6 is 0 Å². The molecule has 0 amide bonds. The summed E-state index contributed by atoms with van der Waals surface area (Å²) >= 11 is 0. The molecule has 0 fully saturated rings. The molecule has 0 spiro atoms. The lowest BCUT2D eigenvalue weighted by Gasteiger charge is -2.23. The molecule has 1 nitrogen and oxygen atoms in total. The molecule has 0 radical (unpaired) electrons. The van der Waals surface area contributed by atoms with Gasteiger partial charge >= 0.3 is 0 Å². The van der Waals surface area contributed by atoms with Crippen LogP contribution in [0.15, 0.2) is 12.1 Å². The SMILES string of the molecule is CC1CNc2cc(F)c(F)cc2C1. The molecule has 0 bridgehead atoms. The van der Waals surface area contributed by atoms with Crippen LogP contribution in [-0.4, -0.2) is 6.54 Å². The Kier molecular flexibility index (Phi) is 1.94. The van der Waals surface area contributed by atoms with Crippen LogP contribution < -0.4 is 5.32 Å². The van der Waals surface area contributed by atoms with Crippen molar-refractivity contribution in [3.63, 3.8) is 0 Å². The number of benzene rings is 1. The van der Waals surface area contributed by atoms with Crippen molar-refractivity contribution in [2.75, 3.05) is 11.9 Å². The van der Waals surface area contributed by atoms with E-state index in [2.05, 4.69) is 12.2 Å². The molecular formula is C10H11F2N. The smallest absolute Gasteiger partial charge is 0.160 e. The van der Waals surface area contributed by atoms with Crippen LogP contribution in [0.1, 0.15) is 12.5 Å². The van der Waals surface area contributed by atoms with Gasteiger partial charge in [0.2, 0.25) is 0 Å². The highest BCUT2D eigenvalue weighted by molar-refractivity contribution is 5.53. The highest BCUT2D eigenvalue weighted by Gasteiger charge is 2.16. The first-order chi connectivity index (χ1) is 6.16. The molecular weight excluding hydrogens is 172 g/mol. The van der Waals surface area contributed by atoms with E-state index in [9.17, 15) is 8.78 Å². The summed E-state index contributed by atoms with van der Waals surface area (Å²) in [5, 5.41) is 3.07. The van der Waals surface area contributed by atoms with Gasteiger partial charge in [-0.1, -0.05) is 6.92 Å². The molecule has 70 valence electrons. The summed E-state index contributed by atoms with van der Waals surface area (Å²) in [4.78, 5) is 0. The van der Waals surface area contributed by atoms with E-state index in [0.717, 1.165) is 24.2 Å². The zero-order chi connectivity index (χ0) is 9.42. The average Bonchev–Trinajstić information content (AvgIpc) is 2.08. The van der Waals surface area contributed by atoms with E-state index >= 15 is 0 Å². The molecule has 0 aliphatic carbocycles. The van der Waals surface area contributed by atoms with Gasteiger partial charge in [0, 0.05) is 18.3 Å². The summed E-state index contributed by atoms with van der Waals surface area (Å²) in [5.41, 5.74) is 1.61. The maximum absolute atomic E-state index is 12.8. The van der Waals surface area contributed by atoms with Crippen molar-refractivity contribution in [3.8, 4) is 0 Å². The lowest BCUT2D eigenvalue weighted by Crippen LogP contribution is -2.20. The van der Waals surface area contributed by atoms with Gasteiger partial charge in [-0.3, -0.25) is 0 Å². The minimum absolute atomic E-state index is 0.484. The Morgan fingerprint density at radius 2 is 2.00 bits per heavy atom. The molecule has 0 aromatic heterocycles. The summed E-state index contributed by atoms with van der Waals surface area (Å²) in [6.07, 6.45) is 0.819. The third-order valence-electron chi connectivity index (χ3n) is 2.36. The first kappa shape index (κ1) is 8.48. The normalized spacial score (nSPS) is 20.7. The highest BCUT2D eigenvalue weighted by Crippen LogP contribution is 2.26. The average molecular weight is 183 g/mol. The molecule has 0 saturated carbocycles. The highest BCUT2D eigenvalue weighted by atomic mass is 19.2. The molecule has 1 unspecified atom stereocenters. The van der Waals surface area contributed by atoms with Crippen LogP contribution in [0, 0.1) is 17.6 Å². The summed E-state index contributed by atoms with van der Waals surface area (Å²) in [6.45, 7) is 2.91. The Balaban J connectivity index is 2.43. The maximum Gasteiger partial charge on any atom is 0.160 e. The van der Waals surface area contributed by atoms with E-state index in [1.807, 2.05) is 0 Å². The van der Waals surface area contributed by atoms with Gasteiger partial charge in [-0.2, -0.15) is 0 Å². The molecule has 1 aliphatic rings. The Morgan fingerprint density at radius 3 is 2.77 bits per heavy atom. The van der Waals surface area contributed by atoms with Crippen LogP contribution in [-0.2, 0) is 6.42 Å². The molecule has 0 saturated heterocycles. The molecule has 13 heavy (non-hydrogen) atoms. The van der Waals surface area contributed by atoms with Crippen LogP contribution in [0.4, 0.5) is 14.5 Å². The van der Waals surface area contributed by atoms with Crippen molar-refractivity contribution < 1.29 is 8.78 Å². The third-order valence-corrected chi connectivity index (χ3v) is 2.36. The lowest BCUT2D eigenvalue weighted by molar-refractivity contribution is 0.502. The van der Waals surface area contributed by atoms with Crippen molar-refractivity contribution in [2.24, 2.45) is 5.92 Å². The van der Waals surface area contributed by atoms with Crippen molar-refractivity contribution in [2.45, 2.75) is 13.3 Å². The number of fused-ring (bicyclic) bond motifs is 1. The Bertz CT molecular complexity index is 336. The van der Waals surface area contributed by atoms with Gasteiger partial charge < -0.3 is 5.32 Å². The summed E-state index contributed by atoms with van der Waals surface area (Å²) in [5.74, 6) is -1.05. The minimum atomic E-state index is -0.777. The van der Waals surface area contributed by atoms with Crippen LogP contribution in [0.5, 0.6) is 0 Å². The Labute approximate surface area is 75.8 Å². The first-order valence-electron chi connectivity index (χ1n) is 4.38. The molecule has 1 atom stereocenters. The molecule has 1 aromatic rings. The van der Waals surface area contributed by atoms with Crippen molar-refractivity contribution in [3.05, 3.63) is 29.3 Å². The molecule has 2 rings (SSSR count).